The second-order valence-electron chi connectivity index (χ2n) is 9.32. The maximum absolute atomic E-state index is 12.7. The molecule has 1 saturated heterocycles. The quantitative estimate of drug-likeness (QED) is 0.405. The molecule has 2 heterocycles. The number of carbonyl (C=O) groups excluding carboxylic acids is 2. The molecule has 1 fully saturated rings. The van der Waals surface area contributed by atoms with Crippen molar-refractivity contribution in [3.63, 3.8) is 0 Å². The summed E-state index contributed by atoms with van der Waals surface area (Å²) in [5.41, 5.74) is 3.03. The lowest BCUT2D eigenvalue weighted by molar-refractivity contribution is -0.384. The van der Waals surface area contributed by atoms with E-state index in [0.717, 1.165) is 5.56 Å². The number of nitro benzene ring substituents is 1. The van der Waals surface area contributed by atoms with Gasteiger partial charge in [0.1, 0.15) is 5.75 Å². The lowest BCUT2D eigenvalue weighted by Crippen LogP contribution is -2.50. The van der Waals surface area contributed by atoms with Crippen molar-refractivity contribution in [1.29, 1.82) is 0 Å². The number of methoxy groups -OCH3 is 1. The Morgan fingerprint density at radius 2 is 1.89 bits per heavy atom. The molecule has 35 heavy (non-hydrogen) atoms. The van der Waals surface area contributed by atoms with Crippen LogP contribution in [0.4, 0.5) is 16.2 Å². The fraction of sp³-hybridized carbons (Fsp3) is 0.320. The molecule has 2 aromatic carbocycles. The number of amides is 3. The van der Waals surface area contributed by atoms with Gasteiger partial charge in [-0.25, -0.2) is 9.78 Å². The Bertz CT molecular complexity index is 1320. The number of anilines is 1. The van der Waals surface area contributed by atoms with Gasteiger partial charge in [0.05, 0.1) is 23.8 Å². The van der Waals surface area contributed by atoms with Crippen LogP contribution in [0.3, 0.4) is 0 Å². The van der Waals surface area contributed by atoms with Gasteiger partial charge in [0.25, 0.3) is 5.69 Å². The number of hydrogen-bond donors (Lipinski definition) is 1. The zero-order valence-corrected chi connectivity index (χ0v) is 20.2. The molecule has 182 valence electrons. The van der Waals surface area contributed by atoms with Crippen molar-refractivity contribution in [2.24, 2.45) is 0 Å². The van der Waals surface area contributed by atoms with E-state index in [9.17, 15) is 19.7 Å². The Labute approximate surface area is 202 Å². The largest absolute Gasteiger partial charge is 0.496 e. The molecule has 10 heteroatoms. The second-order valence-corrected chi connectivity index (χ2v) is 9.32. The van der Waals surface area contributed by atoms with E-state index in [1.165, 1.54) is 17.0 Å². The van der Waals surface area contributed by atoms with Crippen LogP contribution in [0.2, 0.25) is 0 Å². The summed E-state index contributed by atoms with van der Waals surface area (Å²) in [6.07, 6.45) is 1.74. The smallest absolute Gasteiger partial charge is 0.328 e. The highest BCUT2D eigenvalue weighted by Gasteiger charge is 2.32. The van der Waals surface area contributed by atoms with Crippen LogP contribution >= 0.6 is 0 Å². The van der Waals surface area contributed by atoms with Crippen molar-refractivity contribution >= 4 is 23.3 Å². The van der Waals surface area contributed by atoms with Gasteiger partial charge < -0.3 is 9.15 Å². The van der Waals surface area contributed by atoms with E-state index in [1.807, 2.05) is 33.8 Å². The van der Waals surface area contributed by atoms with Crippen molar-refractivity contribution in [3.8, 4) is 28.5 Å². The van der Waals surface area contributed by atoms with Crippen LogP contribution in [-0.4, -0.2) is 35.5 Å². The van der Waals surface area contributed by atoms with Gasteiger partial charge >= 0.3 is 6.03 Å². The van der Waals surface area contributed by atoms with Crippen LogP contribution in [0.25, 0.3) is 22.8 Å². The average Bonchev–Trinajstić information content (AvgIpc) is 3.28. The molecule has 1 aliphatic rings. The minimum Gasteiger partial charge on any atom is -0.496 e. The molecule has 10 nitrogen and oxygen atoms in total. The molecule has 0 saturated carbocycles. The van der Waals surface area contributed by atoms with Crippen LogP contribution < -0.4 is 15.0 Å². The van der Waals surface area contributed by atoms with Gasteiger partial charge in [-0.2, -0.15) is 0 Å². The van der Waals surface area contributed by atoms with Crippen LogP contribution in [0, 0.1) is 17.0 Å². The normalized spacial score (nSPS) is 14.1. The minimum absolute atomic E-state index is 0.0215. The Kier molecular flexibility index (Phi) is 6.06. The zero-order chi connectivity index (χ0) is 25.5. The van der Waals surface area contributed by atoms with Crippen molar-refractivity contribution in [1.82, 2.24) is 10.3 Å². The summed E-state index contributed by atoms with van der Waals surface area (Å²) in [4.78, 5) is 40.9. The van der Waals surface area contributed by atoms with E-state index >= 15 is 0 Å². The van der Waals surface area contributed by atoms with Crippen molar-refractivity contribution in [2.75, 3.05) is 18.6 Å². The predicted octanol–water partition coefficient (Wildman–Crippen LogP) is 4.98. The predicted molar refractivity (Wildman–Crippen MR) is 130 cm³/mol. The number of aromatic nitrogens is 1. The van der Waals surface area contributed by atoms with Gasteiger partial charge in [-0.15, -0.1) is 0 Å². The lowest BCUT2D eigenvalue weighted by Gasteiger charge is -2.32. The Hall–Kier alpha value is -4.21. The number of imide groups is 1. The number of carbonyl (C=O) groups is 2. The molecule has 1 N–H and O–H groups in total. The second kappa shape index (κ2) is 8.86. The number of nitrogens with zero attached hydrogens (tertiary/aromatic N) is 3. The van der Waals surface area contributed by atoms with E-state index < -0.39 is 11.0 Å². The first-order valence-corrected chi connectivity index (χ1v) is 11.1. The maximum Gasteiger partial charge on any atom is 0.328 e. The topological polar surface area (TPSA) is 128 Å². The first-order chi connectivity index (χ1) is 16.5. The summed E-state index contributed by atoms with van der Waals surface area (Å²) in [5, 5.41) is 13.3. The number of urea groups is 1. The number of hydrogen-bond acceptors (Lipinski definition) is 7. The fourth-order valence-electron chi connectivity index (χ4n) is 4.12. The summed E-state index contributed by atoms with van der Waals surface area (Å²) in [6, 6.07) is 7.42. The summed E-state index contributed by atoms with van der Waals surface area (Å²) in [7, 11) is 1.57. The molecule has 0 bridgehead atoms. The Morgan fingerprint density at radius 3 is 2.46 bits per heavy atom. The molecular formula is C25H26N4O6. The summed E-state index contributed by atoms with van der Waals surface area (Å²) >= 11 is 0. The van der Waals surface area contributed by atoms with E-state index in [-0.39, 0.29) is 35.9 Å². The monoisotopic (exact) mass is 478 g/mol. The third kappa shape index (κ3) is 4.46. The number of benzene rings is 2. The molecule has 1 aliphatic heterocycles. The van der Waals surface area contributed by atoms with Crippen LogP contribution in [0.15, 0.2) is 40.9 Å². The first-order valence-electron chi connectivity index (χ1n) is 11.1. The maximum atomic E-state index is 12.7. The standard InChI is InChI=1S/C25H26N4O6/c1-14-18(28-11-10-20(30)27-24(28)31)12-17(25(2,3)4)22(34-5)21(14)23-26-13-19(35-23)15-6-8-16(9-7-15)29(32)33/h6-9,12-13H,10-11H2,1-5H3,(H,27,30,31). The Morgan fingerprint density at radius 1 is 1.20 bits per heavy atom. The van der Waals surface area contributed by atoms with Crippen LogP contribution in [-0.2, 0) is 10.2 Å². The molecule has 4 rings (SSSR count). The first kappa shape index (κ1) is 23.9. The van der Waals surface area contributed by atoms with E-state index in [1.54, 1.807) is 25.4 Å². The SMILES string of the molecule is COc1c(C(C)(C)C)cc(N2CCC(=O)NC2=O)c(C)c1-c1ncc(-c2ccc([N+](=O)[O-])cc2)o1. The van der Waals surface area contributed by atoms with Gasteiger partial charge in [0.2, 0.25) is 11.8 Å². The van der Waals surface area contributed by atoms with Gasteiger partial charge in [-0.1, -0.05) is 20.8 Å². The highest BCUT2D eigenvalue weighted by Crippen LogP contribution is 2.46. The third-order valence-electron chi connectivity index (χ3n) is 5.95. The summed E-state index contributed by atoms with van der Waals surface area (Å²) < 4.78 is 11.9. The molecule has 1 aromatic heterocycles. The van der Waals surface area contributed by atoms with Crippen molar-refractivity contribution in [2.45, 2.75) is 39.5 Å². The van der Waals surface area contributed by atoms with Crippen LogP contribution in [0.5, 0.6) is 5.75 Å². The summed E-state index contributed by atoms with van der Waals surface area (Å²) in [6.45, 7) is 8.20. The number of nitrogens with one attached hydrogen (secondary N) is 1. The molecular weight excluding hydrogens is 452 g/mol. The van der Waals surface area contributed by atoms with Crippen molar-refractivity contribution in [3.05, 3.63) is 57.8 Å². The molecule has 0 spiro atoms. The highest BCUT2D eigenvalue weighted by atomic mass is 16.6. The van der Waals surface area contributed by atoms with E-state index in [2.05, 4.69) is 10.3 Å². The Balaban J connectivity index is 1.87. The zero-order valence-electron chi connectivity index (χ0n) is 20.2. The number of non-ortho nitro benzene ring substituents is 1. The molecule has 0 radical (unpaired) electrons. The van der Waals surface area contributed by atoms with Gasteiger partial charge in [0, 0.05) is 41.9 Å². The molecule has 0 unspecified atom stereocenters. The van der Waals surface area contributed by atoms with E-state index in [4.69, 9.17) is 9.15 Å². The average molecular weight is 479 g/mol. The molecule has 3 aromatic rings. The number of rotatable bonds is 5. The van der Waals surface area contributed by atoms with Gasteiger partial charge in [0.15, 0.2) is 5.76 Å². The molecule has 3 amide bonds. The number of ether oxygens (including phenoxy) is 1. The van der Waals surface area contributed by atoms with Crippen molar-refractivity contribution < 1.29 is 23.7 Å². The number of nitro groups is 1. The van der Waals surface area contributed by atoms with E-state index in [0.29, 0.717) is 33.9 Å². The highest BCUT2D eigenvalue weighted by molar-refractivity contribution is 6.06. The van der Waals surface area contributed by atoms with Gasteiger partial charge in [-0.05, 0) is 36.1 Å². The van der Waals surface area contributed by atoms with Gasteiger partial charge in [-0.3, -0.25) is 25.1 Å². The molecule has 0 aliphatic carbocycles. The lowest BCUT2D eigenvalue weighted by atomic mass is 9.83. The fourth-order valence-corrected chi connectivity index (χ4v) is 4.12. The third-order valence-corrected chi connectivity index (χ3v) is 5.95. The number of oxazole rings is 1. The minimum atomic E-state index is -0.487. The molecule has 0 atom stereocenters. The van der Waals surface area contributed by atoms with Crippen LogP contribution in [0.1, 0.15) is 38.3 Å². The summed E-state index contributed by atoms with van der Waals surface area (Å²) in [5.74, 6) is 0.979.